The average Bonchev–Trinajstić information content (AvgIpc) is 2.68. The molecule has 2 aliphatic rings. The highest BCUT2D eigenvalue weighted by Gasteiger charge is 2.28. The molecule has 1 atom stereocenters. The highest BCUT2D eigenvalue weighted by Crippen LogP contribution is 2.26. The van der Waals surface area contributed by atoms with Gasteiger partial charge in [-0.05, 0) is 52.2 Å². The molecule has 2 N–H and O–H groups in total. The first-order valence-electron chi connectivity index (χ1n) is 7.82. The minimum Gasteiger partial charge on any atom is -0.389 e. The van der Waals surface area contributed by atoms with Gasteiger partial charge in [0, 0.05) is 12.6 Å². The molecule has 106 valence electrons. The van der Waals surface area contributed by atoms with Crippen LogP contribution < -0.4 is 5.32 Å². The van der Waals surface area contributed by atoms with Crippen molar-refractivity contribution in [2.45, 2.75) is 69.4 Å². The lowest BCUT2D eigenvalue weighted by molar-refractivity contribution is 0.0223. The van der Waals surface area contributed by atoms with Crippen molar-refractivity contribution in [2.24, 2.45) is 0 Å². The predicted octanol–water partition coefficient (Wildman–Crippen LogP) is 2.15. The van der Waals surface area contributed by atoms with Gasteiger partial charge in [-0.25, -0.2) is 0 Å². The molecular formula is C15H30N2O. The van der Waals surface area contributed by atoms with Crippen LogP contribution in [0.4, 0.5) is 0 Å². The van der Waals surface area contributed by atoms with E-state index >= 15 is 0 Å². The summed E-state index contributed by atoms with van der Waals surface area (Å²) >= 11 is 0. The van der Waals surface area contributed by atoms with Gasteiger partial charge in [0.25, 0.3) is 0 Å². The van der Waals surface area contributed by atoms with Crippen LogP contribution in [0.15, 0.2) is 0 Å². The van der Waals surface area contributed by atoms with Crippen molar-refractivity contribution < 1.29 is 5.11 Å². The van der Waals surface area contributed by atoms with Crippen LogP contribution in [-0.4, -0.2) is 48.3 Å². The van der Waals surface area contributed by atoms with Crippen molar-refractivity contribution in [1.29, 1.82) is 0 Å². The molecule has 0 aromatic rings. The Kier molecular flexibility index (Phi) is 5.46. The van der Waals surface area contributed by atoms with Gasteiger partial charge < -0.3 is 15.3 Å². The number of likely N-dealkylation sites (tertiary alicyclic amines) is 1. The number of hydrogen-bond acceptors (Lipinski definition) is 3. The van der Waals surface area contributed by atoms with E-state index in [0.717, 1.165) is 19.4 Å². The Morgan fingerprint density at radius 3 is 2.50 bits per heavy atom. The molecule has 0 bridgehead atoms. The zero-order chi connectivity index (χ0) is 12.8. The van der Waals surface area contributed by atoms with Crippen LogP contribution in [0, 0.1) is 0 Å². The Bertz CT molecular complexity index is 237. The molecule has 1 unspecified atom stereocenters. The smallest absolute Gasteiger partial charge is 0.0771 e. The summed E-state index contributed by atoms with van der Waals surface area (Å²) < 4.78 is 0. The minimum absolute atomic E-state index is 0.422. The lowest BCUT2D eigenvalue weighted by Gasteiger charge is -2.29. The molecular weight excluding hydrogens is 224 g/mol. The standard InChI is InChI=1S/C15H30N2O/c1-17-11-6-7-14(8-12-17)16-13-15(18)9-4-2-3-5-10-15/h14,16,18H,2-13H2,1H3. The molecule has 1 heterocycles. The van der Waals surface area contributed by atoms with Gasteiger partial charge >= 0.3 is 0 Å². The maximum atomic E-state index is 10.6. The summed E-state index contributed by atoms with van der Waals surface area (Å²) in [5.74, 6) is 0. The largest absolute Gasteiger partial charge is 0.389 e. The topological polar surface area (TPSA) is 35.5 Å². The maximum Gasteiger partial charge on any atom is 0.0771 e. The number of aliphatic hydroxyl groups is 1. The molecule has 0 radical (unpaired) electrons. The second-order valence-electron chi connectivity index (χ2n) is 6.45. The molecule has 1 saturated carbocycles. The van der Waals surface area contributed by atoms with E-state index in [2.05, 4.69) is 17.3 Å². The third-order valence-corrected chi connectivity index (χ3v) is 4.71. The van der Waals surface area contributed by atoms with Crippen LogP contribution in [0.2, 0.25) is 0 Å². The van der Waals surface area contributed by atoms with Gasteiger partial charge in [0.05, 0.1) is 5.60 Å². The van der Waals surface area contributed by atoms with Gasteiger partial charge in [-0.2, -0.15) is 0 Å². The molecule has 0 aromatic heterocycles. The quantitative estimate of drug-likeness (QED) is 0.758. The molecule has 1 saturated heterocycles. The molecule has 2 rings (SSSR count). The van der Waals surface area contributed by atoms with Gasteiger partial charge in [0.15, 0.2) is 0 Å². The normalized spacial score (nSPS) is 30.7. The maximum absolute atomic E-state index is 10.6. The minimum atomic E-state index is -0.422. The second-order valence-corrected chi connectivity index (χ2v) is 6.45. The van der Waals surface area contributed by atoms with Crippen molar-refractivity contribution in [2.75, 3.05) is 26.7 Å². The third-order valence-electron chi connectivity index (χ3n) is 4.71. The van der Waals surface area contributed by atoms with Crippen LogP contribution in [0.3, 0.4) is 0 Å². The van der Waals surface area contributed by atoms with Crippen LogP contribution in [0.5, 0.6) is 0 Å². The van der Waals surface area contributed by atoms with Crippen LogP contribution >= 0.6 is 0 Å². The molecule has 2 fully saturated rings. The first-order valence-corrected chi connectivity index (χ1v) is 7.82. The van der Waals surface area contributed by atoms with E-state index in [9.17, 15) is 5.11 Å². The Morgan fingerprint density at radius 2 is 1.78 bits per heavy atom. The van der Waals surface area contributed by atoms with E-state index in [1.807, 2.05) is 0 Å². The number of nitrogens with one attached hydrogen (secondary N) is 1. The van der Waals surface area contributed by atoms with E-state index in [4.69, 9.17) is 0 Å². The summed E-state index contributed by atoms with van der Waals surface area (Å²) in [5, 5.41) is 14.3. The van der Waals surface area contributed by atoms with Gasteiger partial charge in [0.2, 0.25) is 0 Å². The highest BCUT2D eigenvalue weighted by molar-refractivity contribution is 4.85. The van der Waals surface area contributed by atoms with Crippen molar-refractivity contribution in [3.05, 3.63) is 0 Å². The lowest BCUT2D eigenvalue weighted by atomic mass is 9.94. The van der Waals surface area contributed by atoms with Crippen molar-refractivity contribution in [3.8, 4) is 0 Å². The monoisotopic (exact) mass is 254 g/mol. The lowest BCUT2D eigenvalue weighted by Crippen LogP contribution is -2.44. The average molecular weight is 254 g/mol. The molecule has 18 heavy (non-hydrogen) atoms. The zero-order valence-corrected chi connectivity index (χ0v) is 12.0. The van der Waals surface area contributed by atoms with Crippen LogP contribution in [-0.2, 0) is 0 Å². The van der Waals surface area contributed by atoms with Gasteiger partial charge in [-0.1, -0.05) is 25.7 Å². The van der Waals surface area contributed by atoms with Crippen LogP contribution in [0.25, 0.3) is 0 Å². The van der Waals surface area contributed by atoms with E-state index < -0.39 is 5.60 Å². The molecule has 3 nitrogen and oxygen atoms in total. The summed E-state index contributed by atoms with van der Waals surface area (Å²) in [7, 11) is 2.21. The fourth-order valence-corrected chi connectivity index (χ4v) is 3.34. The number of rotatable bonds is 3. The summed E-state index contributed by atoms with van der Waals surface area (Å²) in [5.41, 5.74) is -0.422. The second kappa shape index (κ2) is 6.88. The molecule has 1 aliphatic carbocycles. The molecule has 0 aromatic carbocycles. The highest BCUT2D eigenvalue weighted by atomic mass is 16.3. The summed E-state index contributed by atoms with van der Waals surface area (Å²) in [6.45, 7) is 3.22. The summed E-state index contributed by atoms with van der Waals surface area (Å²) in [6.07, 6.45) is 10.8. The van der Waals surface area contributed by atoms with E-state index in [1.165, 1.54) is 58.0 Å². The van der Waals surface area contributed by atoms with E-state index in [1.54, 1.807) is 0 Å². The van der Waals surface area contributed by atoms with E-state index in [-0.39, 0.29) is 0 Å². The Hall–Kier alpha value is -0.120. The van der Waals surface area contributed by atoms with Gasteiger partial charge in [-0.15, -0.1) is 0 Å². The molecule has 3 heteroatoms. The van der Waals surface area contributed by atoms with Crippen molar-refractivity contribution >= 4 is 0 Å². The predicted molar refractivity (Wildman–Crippen MR) is 75.8 cm³/mol. The first-order chi connectivity index (χ1) is 8.68. The first kappa shape index (κ1) is 14.3. The summed E-state index contributed by atoms with van der Waals surface area (Å²) in [4.78, 5) is 2.42. The third kappa shape index (κ3) is 4.52. The van der Waals surface area contributed by atoms with Crippen molar-refractivity contribution in [3.63, 3.8) is 0 Å². The Labute approximate surface area is 112 Å². The van der Waals surface area contributed by atoms with Gasteiger partial charge in [0.1, 0.15) is 0 Å². The fourth-order valence-electron chi connectivity index (χ4n) is 3.34. The van der Waals surface area contributed by atoms with E-state index in [0.29, 0.717) is 6.04 Å². The van der Waals surface area contributed by atoms with Crippen molar-refractivity contribution in [1.82, 2.24) is 10.2 Å². The van der Waals surface area contributed by atoms with Gasteiger partial charge in [-0.3, -0.25) is 0 Å². The summed E-state index contributed by atoms with van der Waals surface area (Å²) in [6, 6.07) is 0.613. The fraction of sp³-hybridized carbons (Fsp3) is 1.00. The number of hydrogen-bond donors (Lipinski definition) is 2. The zero-order valence-electron chi connectivity index (χ0n) is 12.0. The number of nitrogens with zero attached hydrogens (tertiary/aromatic N) is 1. The molecule has 0 amide bonds. The molecule has 1 aliphatic heterocycles. The Balaban J connectivity index is 1.75. The van der Waals surface area contributed by atoms with Crippen LogP contribution in [0.1, 0.15) is 57.8 Å². The molecule has 0 spiro atoms. The SMILES string of the molecule is CN1CCCC(NCC2(O)CCCCCC2)CC1. The Morgan fingerprint density at radius 1 is 1.06 bits per heavy atom.